The lowest BCUT2D eigenvalue weighted by Gasteiger charge is -2.30. The second-order valence-electron chi connectivity index (χ2n) is 5.68. The van der Waals surface area contributed by atoms with E-state index >= 15 is 0 Å². The number of carbonyl (C=O) groups is 1. The summed E-state index contributed by atoms with van der Waals surface area (Å²) in [5, 5.41) is 3.03. The van der Waals surface area contributed by atoms with Gasteiger partial charge in [0.05, 0.1) is 0 Å². The summed E-state index contributed by atoms with van der Waals surface area (Å²) < 4.78 is 5.56. The molecule has 1 amide bonds. The van der Waals surface area contributed by atoms with E-state index in [2.05, 4.69) is 12.2 Å². The fraction of sp³-hybridized carbons (Fsp3) is 0.929. The van der Waals surface area contributed by atoms with E-state index in [0.717, 1.165) is 19.3 Å². The van der Waals surface area contributed by atoms with Gasteiger partial charge in [0.25, 0.3) is 0 Å². The lowest BCUT2D eigenvalue weighted by Crippen LogP contribution is -2.40. The molecule has 2 atom stereocenters. The van der Waals surface area contributed by atoms with Crippen LogP contribution in [0, 0.1) is 5.92 Å². The largest absolute Gasteiger partial charge is 0.446 e. The molecule has 0 bridgehead atoms. The summed E-state index contributed by atoms with van der Waals surface area (Å²) in [6, 6.07) is 0.357. The molecule has 0 spiro atoms. The summed E-state index contributed by atoms with van der Waals surface area (Å²) in [5.74, 6) is 0.529. The highest BCUT2D eigenvalue weighted by Crippen LogP contribution is 2.26. The highest BCUT2D eigenvalue weighted by Gasteiger charge is 2.25. The van der Waals surface area contributed by atoms with Gasteiger partial charge in [-0.3, -0.25) is 0 Å². The third-order valence-corrected chi connectivity index (χ3v) is 4.22. The van der Waals surface area contributed by atoms with Gasteiger partial charge in [0.1, 0.15) is 6.10 Å². The highest BCUT2D eigenvalue weighted by molar-refractivity contribution is 5.67. The van der Waals surface area contributed by atoms with Crippen LogP contribution in [0.1, 0.15) is 64.7 Å². The molecule has 2 rings (SSSR count). The van der Waals surface area contributed by atoms with E-state index < -0.39 is 0 Å². The zero-order valence-corrected chi connectivity index (χ0v) is 10.9. The number of ether oxygens (including phenoxy) is 1. The first-order valence-electron chi connectivity index (χ1n) is 7.23. The van der Waals surface area contributed by atoms with Crippen LogP contribution in [-0.4, -0.2) is 18.2 Å². The van der Waals surface area contributed by atoms with Crippen LogP contribution in [0.4, 0.5) is 4.79 Å². The Hall–Kier alpha value is -0.730. The minimum atomic E-state index is -0.185. The molecule has 0 aliphatic heterocycles. The Morgan fingerprint density at radius 3 is 2.35 bits per heavy atom. The Labute approximate surface area is 104 Å². The summed E-state index contributed by atoms with van der Waals surface area (Å²) in [7, 11) is 0. The predicted molar refractivity (Wildman–Crippen MR) is 67.9 cm³/mol. The molecule has 3 heteroatoms. The molecule has 0 aromatic rings. The number of hydrogen-bond donors (Lipinski definition) is 1. The second-order valence-corrected chi connectivity index (χ2v) is 5.68. The monoisotopic (exact) mass is 239 g/mol. The van der Waals surface area contributed by atoms with Crippen LogP contribution in [0.5, 0.6) is 0 Å². The minimum absolute atomic E-state index is 0.146. The van der Waals surface area contributed by atoms with Crippen molar-refractivity contribution in [1.29, 1.82) is 0 Å². The van der Waals surface area contributed by atoms with Crippen LogP contribution in [0.25, 0.3) is 0 Å². The summed E-state index contributed by atoms with van der Waals surface area (Å²) in [5.41, 5.74) is 0. The van der Waals surface area contributed by atoms with E-state index in [0.29, 0.717) is 12.0 Å². The van der Waals surface area contributed by atoms with E-state index in [4.69, 9.17) is 4.74 Å². The number of alkyl carbamates (subject to hydrolysis) is 1. The summed E-state index contributed by atoms with van der Waals surface area (Å²) in [6.07, 6.45) is 10.7. The van der Waals surface area contributed by atoms with Gasteiger partial charge in [-0.05, 0) is 38.0 Å². The summed E-state index contributed by atoms with van der Waals surface area (Å²) >= 11 is 0. The smallest absolute Gasteiger partial charge is 0.407 e. The van der Waals surface area contributed by atoms with Gasteiger partial charge in [-0.2, -0.15) is 0 Å². The fourth-order valence-electron chi connectivity index (χ4n) is 3.04. The van der Waals surface area contributed by atoms with Gasteiger partial charge >= 0.3 is 6.09 Å². The number of amides is 1. The van der Waals surface area contributed by atoms with Crippen molar-refractivity contribution in [2.24, 2.45) is 5.92 Å². The van der Waals surface area contributed by atoms with Crippen molar-refractivity contribution in [2.45, 2.75) is 76.9 Å². The molecule has 2 fully saturated rings. The molecule has 2 aliphatic carbocycles. The number of nitrogens with one attached hydrogen (secondary N) is 1. The first kappa shape index (κ1) is 12.7. The molecular formula is C14H25NO2. The lowest BCUT2D eigenvalue weighted by atomic mass is 9.88. The summed E-state index contributed by atoms with van der Waals surface area (Å²) in [6.45, 7) is 2.19. The van der Waals surface area contributed by atoms with Gasteiger partial charge in [0, 0.05) is 6.04 Å². The normalized spacial score (nSPS) is 30.9. The van der Waals surface area contributed by atoms with Crippen molar-refractivity contribution < 1.29 is 9.53 Å². The van der Waals surface area contributed by atoms with Crippen molar-refractivity contribution in [3.05, 3.63) is 0 Å². The van der Waals surface area contributed by atoms with Gasteiger partial charge in [0.2, 0.25) is 0 Å². The predicted octanol–water partition coefficient (Wildman–Crippen LogP) is 3.62. The van der Waals surface area contributed by atoms with Crippen LogP contribution >= 0.6 is 0 Å². The Morgan fingerprint density at radius 2 is 1.65 bits per heavy atom. The molecule has 0 aromatic heterocycles. The quantitative estimate of drug-likeness (QED) is 0.799. The van der Waals surface area contributed by atoms with E-state index in [1.807, 2.05) is 0 Å². The molecule has 0 aromatic carbocycles. The van der Waals surface area contributed by atoms with Crippen molar-refractivity contribution in [1.82, 2.24) is 5.32 Å². The van der Waals surface area contributed by atoms with Crippen LogP contribution in [-0.2, 0) is 4.74 Å². The molecule has 2 aliphatic rings. The van der Waals surface area contributed by atoms with Gasteiger partial charge in [-0.1, -0.05) is 32.6 Å². The van der Waals surface area contributed by atoms with E-state index in [9.17, 15) is 4.79 Å². The Kier molecular flexibility index (Phi) is 4.69. The SMILES string of the molecule is C[C@@H]1CCCC[C@H]1OC(=O)NC1CCCCC1. The molecule has 3 nitrogen and oxygen atoms in total. The maximum atomic E-state index is 11.8. The topological polar surface area (TPSA) is 38.3 Å². The fourth-order valence-corrected chi connectivity index (χ4v) is 3.04. The molecule has 98 valence electrons. The molecule has 0 radical (unpaired) electrons. The molecule has 0 unspecified atom stereocenters. The van der Waals surface area contributed by atoms with Crippen LogP contribution < -0.4 is 5.32 Å². The Balaban J connectivity index is 1.72. The van der Waals surface area contributed by atoms with Gasteiger partial charge < -0.3 is 10.1 Å². The summed E-state index contributed by atoms with van der Waals surface area (Å²) in [4.78, 5) is 11.8. The van der Waals surface area contributed by atoms with Crippen LogP contribution in [0.15, 0.2) is 0 Å². The number of rotatable bonds is 2. The Morgan fingerprint density at radius 1 is 1.00 bits per heavy atom. The Bertz CT molecular complexity index is 249. The molecule has 0 saturated heterocycles. The average Bonchev–Trinajstić information content (AvgIpc) is 2.33. The second kappa shape index (κ2) is 6.27. The lowest BCUT2D eigenvalue weighted by molar-refractivity contribution is 0.0408. The zero-order chi connectivity index (χ0) is 12.1. The third kappa shape index (κ3) is 3.90. The van der Waals surface area contributed by atoms with E-state index in [1.54, 1.807) is 0 Å². The molecule has 0 heterocycles. The van der Waals surface area contributed by atoms with E-state index in [-0.39, 0.29) is 12.2 Å². The first-order valence-corrected chi connectivity index (χ1v) is 7.23. The molecule has 17 heavy (non-hydrogen) atoms. The maximum Gasteiger partial charge on any atom is 0.407 e. The van der Waals surface area contributed by atoms with Crippen molar-refractivity contribution in [3.8, 4) is 0 Å². The highest BCUT2D eigenvalue weighted by atomic mass is 16.6. The van der Waals surface area contributed by atoms with Crippen molar-refractivity contribution in [2.75, 3.05) is 0 Å². The van der Waals surface area contributed by atoms with Crippen LogP contribution in [0.2, 0.25) is 0 Å². The van der Waals surface area contributed by atoms with Crippen LogP contribution in [0.3, 0.4) is 0 Å². The van der Waals surface area contributed by atoms with Crippen molar-refractivity contribution in [3.63, 3.8) is 0 Å². The maximum absolute atomic E-state index is 11.8. The zero-order valence-electron chi connectivity index (χ0n) is 10.9. The number of carbonyl (C=O) groups excluding carboxylic acids is 1. The van der Waals surface area contributed by atoms with Gasteiger partial charge in [-0.25, -0.2) is 4.79 Å². The van der Waals surface area contributed by atoms with Crippen molar-refractivity contribution >= 4 is 6.09 Å². The van der Waals surface area contributed by atoms with Gasteiger partial charge in [-0.15, -0.1) is 0 Å². The molecule has 1 N–H and O–H groups in total. The molecule has 2 saturated carbocycles. The van der Waals surface area contributed by atoms with Gasteiger partial charge in [0.15, 0.2) is 0 Å². The third-order valence-electron chi connectivity index (χ3n) is 4.22. The minimum Gasteiger partial charge on any atom is -0.446 e. The average molecular weight is 239 g/mol. The number of hydrogen-bond acceptors (Lipinski definition) is 2. The molecular weight excluding hydrogens is 214 g/mol. The first-order chi connectivity index (χ1) is 8.25. The van der Waals surface area contributed by atoms with E-state index in [1.165, 1.54) is 38.5 Å². The standard InChI is InChI=1S/C14H25NO2/c1-11-7-5-6-10-13(11)17-14(16)15-12-8-3-2-4-9-12/h11-13H,2-10H2,1H3,(H,15,16)/t11-,13-/m1/s1.